The number of carbonyl (C=O) groups is 1. The molecule has 1 aliphatic carbocycles. The van der Waals surface area contributed by atoms with Gasteiger partial charge in [-0.2, -0.15) is 0 Å². The van der Waals surface area contributed by atoms with Crippen molar-refractivity contribution >= 4 is 14.3 Å². The van der Waals surface area contributed by atoms with E-state index in [1.807, 2.05) is 0 Å². The molecule has 6 heteroatoms. The highest BCUT2D eigenvalue weighted by Crippen LogP contribution is 2.54. The third-order valence-corrected chi connectivity index (χ3v) is 10.7. The normalized spacial score (nSPS) is 25.4. The molecule has 160 valence electrons. The van der Waals surface area contributed by atoms with Gasteiger partial charge in [0.2, 0.25) is 6.29 Å². The summed E-state index contributed by atoms with van der Waals surface area (Å²) in [5, 5.41) is 0.206. The number of hydrogen-bond acceptors (Lipinski definition) is 5. The Hall–Kier alpha value is -0.433. The van der Waals surface area contributed by atoms with Gasteiger partial charge in [-0.3, -0.25) is 4.79 Å². The molecular formula is C21H42O5Si. The quantitative estimate of drug-likeness (QED) is 0.272. The molecule has 0 saturated heterocycles. The van der Waals surface area contributed by atoms with Crippen LogP contribution in [0.4, 0.5) is 0 Å². The zero-order valence-electron chi connectivity index (χ0n) is 19.2. The Morgan fingerprint density at radius 2 is 1.85 bits per heavy atom. The molecule has 1 unspecified atom stereocenters. The molecule has 0 aromatic carbocycles. The van der Waals surface area contributed by atoms with Gasteiger partial charge in [0.25, 0.3) is 0 Å². The first-order valence-electron chi connectivity index (χ1n) is 10.2. The maximum Gasteiger partial charge on any atom is 0.304 e. The van der Waals surface area contributed by atoms with Crippen molar-refractivity contribution < 1.29 is 23.4 Å². The summed E-state index contributed by atoms with van der Waals surface area (Å²) < 4.78 is 23.4. The van der Waals surface area contributed by atoms with Crippen molar-refractivity contribution in [2.24, 2.45) is 11.8 Å². The van der Waals surface area contributed by atoms with Gasteiger partial charge in [-0.25, -0.2) is 0 Å². The van der Waals surface area contributed by atoms with E-state index in [0.29, 0.717) is 24.9 Å². The van der Waals surface area contributed by atoms with Crippen molar-refractivity contribution in [1.29, 1.82) is 0 Å². The Labute approximate surface area is 167 Å². The zero-order chi connectivity index (χ0) is 21.0. The lowest BCUT2D eigenvalue weighted by atomic mass is 10.00. The van der Waals surface area contributed by atoms with Crippen molar-refractivity contribution in [2.45, 2.75) is 104 Å². The highest BCUT2D eigenvalue weighted by molar-refractivity contribution is 6.74. The van der Waals surface area contributed by atoms with E-state index in [2.05, 4.69) is 54.6 Å². The van der Waals surface area contributed by atoms with E-state index in [0.717, 1.165) is 12.8 Å². The predicted molar refractivity (Wildman–Crippen MR) is 111 cm³/mol. The van der Waals surface area contributed by atoms with Gasteiger partial charge in [-0.1, -0.05) is 34.6 Å². The monoisotopic (exact) mass is 402 g/mol. The second kappa shape index (κ2) is 9.38. The summed E-state index contributed by atoms with van der Waals surface area (Å²) in [7, 11) is -0.158. The maximum absolute atomic E-state index is 11.4. The van der Waals surface area contributed by atoms with E-state index < -0.39 is 14.6 Å². The fourth-order valence-electron chi connectivity index (χ4n) is 3.14. The van der Waals surface area contributed by atoms with Crippen LogP contribution in [0.1, 0.15) is 67.7 Å². The van der Waals surface area contributed by atoms with Crippen LogP contribution in [0.15, 0.2) is 0 Å². The SMILES string of the molecule is COCCC(OC(C)=O)O[C@@H](C[C@@H]1C[C@]1(C)O[Si](C)(C)C(C)(C)C)C(C)C. The second-order valence-corrected chi connectivity index (χ2v) is 14.8. The average molecular weight is 403 g/mol. The Balaban J connectivity index is 2.71. The molecule has 0 N–H and O–H groups in total. The number of rotatable bonds is 11. The zero-order valence-corrected chi connectivity index (χ0v) is 20.2. The van der Waals surface area contributed by atoms with Crippen LogP contribution in [0.2, 0.25) is 18.1 Å². The second-order valence-electron chi connectivity index (χ2n) is 10.1. The van der Waals surface area contributed by atoms with E-state index in [9.17, 15) is 4.79 Å². The molecule has 4 atom stereocenters. The van der Waals surface area contributed by atoms with Gasteiger partial charge >= 0.3 is 5.97 Å². The molecule has 1 aliphatic rings. The van der Waals surface area contributed by atoms with Gasteiger partial charge in [0.05, 0.1) is 18.3 Å². The molecule has 0 heterocycles. The number of hydrogen-bond donors (Lipinski definition) is 0. The summed E-state index contributed by atoms with van der Waals surface area (Å²) in [6.45, 7) is 19.9. The Morgan fingerprint density at radius 1 is 1.26 bits per heavy atom. The number of methoxy groups -OCH3 is 1. The first-order chi connectivity index (χ1) is 12.2. The minimum absolute atomic E-state index is 0.0287. The summed E-state index contributed by atoms with van der Waals surface area (Å²) in [6.07, 6.45) is 2.01. The van der Waals surface area contributed by atoms with Gasteiger partial charge in [0.1, 0.15) is 0 Å². The topological polar surface area (TPSA) is 54.0 Å². The predicted octanol–water partition coefficient (Wildman–Crippen LogP) is 5.14. The van der Waals surface area contributed by atoms with Crippen molar-refractivity contribution in [3.05, 3.63) is 0 Å². The van der Waals surface area contributed by atoms with Crippen LogP contribution in [-0.2, 0) is 23.4 Å². The van der Waals surface area contributed by atoms with Crippen molar-refractivity contribution in [3.8, 4) is 0 Å². The lowest BCUT2D eigenvalue weighted by Gasteiger charge is -2.39. The van der Waals surface area contributed by atoms with Crippen molar-refractivity contribution in [1.82, 2.24) is 0 Å². The fraction of sp³-hybridized carbons (Fsp3) is 0.952. The molecule has 0 aromatic rings. The van der Waals surface area contributed by atoms with E-state index in [1.165, 1.54) is 6.92 Å². The van der Waals surface area contributed by atoms with Crippen LogP contribution in [0.5, 0.6) is 0 Å². The highest BCUT2D eigenvalue weighted by atomic mass is 28.4. The van der Waals surface area contributed by atoms with Crippen LogP contribution in [0.3, 0.4) is 0 Å². The maximum atomic E-state index is 11.4. The highest BCUT2D eigenvalue weighted by Gasteiger charge is 2.56. The first kappa shape index (κ1) is 24.6. The van der Waals surface area contributed by atoms with Crippen LogP contribution in [0, 0.1) is 11.8 Å². The largest absolute Gasteiger partial charge is 0.436 e. The van der Waals surface area contributed by atoms with Gasteiger partial charge in [0, 0.05) is 20.5 Å². The molecule has 0 aliphatic heterocycles. The van der Waals surface area contributed by atoms with Gasteiger partial charge in [-0.15, -0.1) is 0 Å². The van der Waals surface area contributed by atoms with Gasteiger partial charge in [-0.05, 0) is 49.7 Å². The van der Waals surface area contributed by atoms with Crippen LogP contribution >= 0.6 is 0 Å². The number of carbonyl (C=O) groups excluding carboxylic acids is 1. The minimum atomic E-state index is -1.80. The molecule has 1 saturated carbocycles. The lowest BCUT2D eigenvalue weighted by molar-refractivity contribution is -0.198. The van der Waals surface area contributed by atoms with Crippen LogP contribution < -0.4 is 0 Å². The minimum Gasteiger partial charge on any atom is -0.436 e. The number of esters is 1. The third-order valence-electron chi connectivity index (χ3n) is 6.09. The fourth-order valence-corrected chi connectivity index (χ4v) is 4.86. The Bertz CT molecular complexity index is 485. The van der Waals surface area contributed by atoms with Crippen LogP contribution in [0.25, 0.3) is 0 Å². The van der Waals surface area contributed by atoms with E-state index in [1.54, 1.807) is 7.11 Å². The summed E-state index contributed by atoms with van der Waals surface area (Å²) in [6, 6.07) is 0. The third kappa shape index (κ3) is 7.48. The smallest absolute Gasteiger partial charge is 0.304 e. The summed E-state index contributed by atoms with van der Waals surface area (Å²) in [5.41, 5.74) is -0.0526. The Morgan fingerprint density at radius 3 is 2.30 bits per heavy atom. The van der Waals surface area contributed by atoms with Gasteiger partial charge in [0.15, 0.2) is 8.32 Å². The summed E-state index contributed by atoms with van der Waals surface area (Å²) in [5.74, 6) is 0.499. The molecule has 0 bridgehead atoms. The van der Waals surface area contributed by atoms with E-state index >= 15 is 0 Å². The van der Waals surface area contributed by atoms with Crippen molar-refractivity contribution in [2.75, 3.05) is 13.7 Å². The van der Waals surface area contributed by atoms with Crippen molar-refractivity contribution in [3.63, 3.8) is 0 Å². The summed E-state index contributed by atoms with van der Waals surface area (Å²) >= 11 is 0. The molecular weight excluding hydrogens is 360 g/mol. The molecule has 0 aromatic heterocycles. The lowest BCUT2D eigenvalue weighted by Crippen LogP contribution is -2.44. The number of ether oxygens (including phenoxy) is 3. The molecule has 1 fully saturated rings. The van der Waals surface area contributed by atoms with E-state index in [-0.39, 0.29) is 22.7 Å². The molecule has 0 radical (unpaired) electrons. The molecule has 27 heavy (non-hydrogen) atoms. The molecule has 0 amide bonds. The first-order valence-corrected chi connectivity index (χ1v) is 13.1. The molecule has 5 nitrogen and oxygen atoms in total. The Kier molecular flexibility index (Phi) is 8.54. The molecule has 0 spiro atoms. The van der Waals surface area contributed by atoms with Crippen LogP contribution in [-0.4, -0.2) is 46.0 Å². The summed E-state index contributed by atoms with van der Waals surface area (Å²) in [4.78, 5) is 11.4. The standard InChI is InChI=1S/C21H42O5Si/c1-15(2)18(25-19(11-12-23-8)24-16(3)22)13-17-14-21(17,7)26-27(9,10)20(4,5)6/h15,17-19H,11-14H2,1-10H3/t17-,18+,19?,21+/m1/s1. The van der Waals surface area contributed by atoms with Gasteiger partial charge < -0.3 is 18.6 Å². The molecule has 1 rings (SSSR count). The average Bonchev–Trinajstić information content (AvgIpc) is 3.10. The van der Waals surface area contributed by atoms with E-state index in [4.69, 9.17) is 18.6 Å².